The van der Waals surface area contributed by atoms with Crippen LogP contribution in [0.3, 0.4) is 0 Å². The summed E-state index contributed by atoms with van der Waals surface area (Å²) in [7, 11) is 0. The van der Waals surface area contributed by atoms with Gasteiger partial charge in [-0.1, -0.05) is 32.0 Å². The van der Waals surface area contributed by atoms with E-state index < -0.39 is 0 Å². The Balaban J connectivity index is 1.98. The summed E-state index contributed by atoms with van der Waals surface area (Å²) in [6.07, 6.45) is 1.20. The summed E-state index contributed by atoms with van der Waals surface area (Å²) in [5.74, 6) is 0. The van der Waals surface area contributed by atoms with Gasteiger partial charge in [-0.05, 0) is 63.3 Å². The van der Waals surface area contributed by atoms with Gasteiger partial charge < -0.3 is 9.32 Å². The van der Waals surface area contributed by atoms with Crippen molar-refractivity contribution in [3.05, 3.63) is 42.0 Å². The SMILES string of the molecule is Cc1c(N2[C@@H](C)C(C)(C)CC2(C)C)ccc2oc3ccccc3c12. The van der Waals surface area contributed by atoms with E-state index in [2.05, 4.69) is 76.8 Å². The van der Waals surface area contributed by atoms with Crippen LogP contribution >= 0.6 is 0 Å². The lowest BCUT2D eigenvalue weighted by Gasteiger charge is -2.38. The average molecular weight is 321 g/mol. The fourth-order valence-electron chi connectivity index (χ4n) is 4.99. The number of furan rings is 1. The first-order valence-electron chi connectivity index (χ1n) is 8.92. The molecule has 2 heterocycles. The van der Waals surface area contributed by atoms with Crippen LogP contribution in [-0.4, -0.2) is 11.6 Å². The predicted octanol–water partition coefficient (Wildman–Crippen LogP) is 6.30. The lowest BCUT2D eigenvalue weighted by Crippen LogP contribution is -2.43. The molecule has 2 heteroatoms. The first-order valence-corrected chi connectivity index (χ1v) is 8.92. The van der Waals surface area contributed by atoms with Crippen LogP contribution in [0.5, 0.6) is 0 Å². The number of benzene rings is 2. The van der Waals surface area contributed by atoms with Crippen molar-refractivity contribution in [3.8, 4) is 0 Å². The van der Waals surface area contributed by atoms with Crippen molar-refractivity contribution in [1.29, 1.82) is 0 Å². The van der Waals surface area contributed by atoms with Crippen molar-refractivity contribution >= 4 is 27.6 Å². The van der Waals surface area contributed by atoms with Gasteiger partial charge in [0.2, 0.25) is 0 Å². The van der Waals surface area contributed by atoms with Crippen LogP contribution in [0, 0.1) is 12.3 Å². The Labute approximate surface area is 144 Å². The zero-order valence-corrected chi connectivity index (χ0v) is 15.6. The van der Waals surface area contributed by atoms with Crippen molar-refractivity contribution in [3.63, 3.8) is 0 Å². The third-order valence-corrected chi connectivity index (χ3v) is 6.09. The average Bonchev–Trinajstić information content (AvgIpc) is 2.94. The van der Waals surface area contributed by atoms with Gasteiger partial charge in [-0.2, -0.15) is 0 Å². The molecule has 0 unspecified atom stereocenters. The molecule has 4 rings (SSSR count). The maximum absolute atomic E-state index is 6.05. The molecule has 0 amide bonds. The lowest BCUT2D eigenvalue weighted by molar-refractivity contribution is 0.329. The van der Waals surface area contributed by atoms with Gasteiger partial charge in [-0.15, -0.1) is 0 Å². The van der Waals surface area contributed by atoms with Gasteiger partial charge in [-0.3, -0.25) is 0 Å². The molecule has 1 aliphatic heterocycles. The van der Waals surface area contributed by atoms with Gasteiger partial charge in [-0.25, -0.2) is 0 Å². The van der Waals surface area contributed by atoms with Crippen molar-refractivity contribution in [1.82, 2.24) is 0 Å². The summed E-state index contributed by atoms with van der Waals surface area (Å²) < 4.78 is 6.05. The van der Waals surface area contributed by atoms with E-state index in [1.807, 2.05) is 6.07 Å². The molecular weight excluding hydrogens is 294 g/mol. The molecule has 3 aromatic rings. The van der Waals surface area contributed by atoms with Crippen molar-refractivity contribution in [2.75, 3.05) is 4.90 Å². The molecular formula is C22H27NO. The molecule has 0 radical (unpaired) electrons. The minimum absolute atomic E-state index is 0.154. The number of fused-ring (bicyclic) bond motifs is 3. The molecule has 1 aliphatic rings. The highest BCUT2D eigenvalue weighted by molar-refractivity contribution is 6.08. The number of nitrogens with zero attached hydrogens (tertiary/aromatic N) is 1. The minimum Gasteiger partial charge on any atom is -0.456 e. The van der Waals surface area contributed by atoms with Gasteiger partial charge in [0.05, 0.1) is 0 Å². The van der Waals surface area contributed by atoms with Gasteiger partial charge in [0.15, 0.2) is 0 Å². The molecule has 1 saturated heterocycles. The van der Waals surface area contributed by atoms with Gasteiger partial charge in [0, 0.05) is 28.0 Å². The van der Waals surface area contributed by atoms with E-state index in [1.54, 1.807) is 0 Å². The second-order valence-electron chi connectivity index (χ2n) is 8.70. The first-order chi connectivity index (χ1) is 11.2. The Morgan fingerprint density at radius 1 is 1.00 bits per heavy atom. The summed E-state index contributed by atoms with van der Waals surface area (Å²) in [6.45, 7) is 14.1. The molecule has 0 bridgehead atoms. The third-order valence-electron chi connectivity index (χ3n) is 6.09. The maximum Gasteiger partial charge on any atom is 0.135 e. The van der Waals surface area contributed by atoms with Crippen LogP contribution in [0.1, 0.15) is 46.6 Å². The standard InChI is InChI=1S/C22H27NO/c1-14-17(23-15(2)21(3,4)13-22(23,5)6)11-12-19-20(14)16-9-7-8-10-18(16)24-19/h7-12,15H,13H2,1-6H3/t15-/m0/s1. The lowest BCUT2D eigenvalue weighted by atomic mass is 9.82. The number of para-hydroxylation sites is 1. The van der Waals surface area contributed by atoms with Crippen LogP contribution < -0.4 is 4.90 Å². The van der Waals surface area contributed by atoms with E-state index in [4.69, 9.17) is 4.42 Å². The van der Waals surface area contributed by atoms with Crippen LogP contribution in [0.25, 0.3) is 21.9 Å². The zero-order valence-electron chi connectivity index (χ0n) is 15.6. The number of anilines is 1. The van der Waals surface area contributed by atoms with Crippen LogP contribution in [0.15, 0.2) is 40.8 Å². The molecule has 0 aliphatic carbocycles. The van der Waals surface area contributed by atoms with Crippen molar-refractivity contribution in [2.24, 2.45) is 5.41 Å². The highest BCUT2D eigenvalue weighted by atomic mass is 16.3. The molecule has 1 atom stereocenters. The summed E-state index contributed by atoms with van der Waals surface area (Å²) >= 11 is 0. The number of aryl methyl sites for hydroxylation is 1. The van der Waals surface area contributed by atoms with Gasteiger partial charge >= 0.3 is 0 Å². The van der Waals surface area contributed by atoms with Crippen LogP contribution in [0.4, 0.5) is 5.69 Å². The Morgan fingerprint density at radius 2 is 1.71 bits per heavy atom. The second-order valence-corrected chi connectivity index (χ2v) is 8.70. The molecule has 0 saturated carbocycles. The van der Waals surface area contributed by atoms with Gasteiger partial charge in [0.25, 0.3) is 0 Å². The van der Waals surface area contributed by atoms with E-state index in [9.17, 15) is 0 Å². The molecule has 2 nitrogen and oxygen atoms in total. The zero-order chi connectivity index (χ0) is 17.3. The molecule has 0 N–H and O–H groups in total. The monoisotopic (exact) mass is 321 g/mol. The number of rotatable bonds is 1. The molecule has 126 valence electrons. The molecule has 1 fully saturated rings. The summed E-state index contributed by atoms with van der Waals surface area (Å²) in [5.41, 5.74) is 5.10. The van der Waals surface area contributed by atoms with Crippen molar-refractivity contribution < 1.29 is 4.42 Å². The van der Waals surface area contributed by atoms with E-state index in [0.717, 1.165) is 11.2 Å². The summed E-state index contributed by atoms with van der Waals surface area (Å²) in [5, 5.41) is 2.48. The third kappa shape index (κ3) is 2.02. The first kappa shape index (κ1) is 15.6. The predicted molar refractivity (Wildman–Crippen MR) is 103 cm³/mol. The highest BCUT2D eigenvalue weighted by Crippen LogP contribution is 2.50. The maximum atomic E-state index is 6.05. The number of hydrogen-bond donors (Lipinski definition) is 0. The van der Waals surface area contributed by atoms with Crippen LogP contribution in [0.2, 0.25) is 0 Å². The van der Waals surface area contributed by atoms with Crippen molar-refractivity contribution in [2.45, 2.75) is 59.5 Å². The summed E-state index contributed by atoms with van der Waals surface area (Å²) in [6, 6.07) is 13.2. The molecule has 24 heavy (non-hydrogen) atoms. The van der Waals surface area contributed by atoms with Crippen LogP contribution in [-0.2, 0) is 0 Å². The Morgan fingerprint density at radius 3 is 2.38 bits per heavy atom. The normalized spacial score (nSPS) is 22.6. The molecule has 0 spiro atoms. The fourth-order valence-corrected chi connectivity index (χ4v) is 4.99. The Bertz CT molecular complexity index is 932. The minimum atomic E-state index is 0.154. The topological polar surface area (TPSA) is 16.4 Å². The quantitative estimate of drug-likeness (QED) is 0.523. The second kappa shape index (κ2) is 4.78. The Kier molecular flexibility index (Phi) is 3.10. The smallest absolute Gasteiger partial charge is 0.135 e. The number of hydrogen-bond acceptors (Lipinski definition) is 2. The Hall–Kier alpha value is -1.96. The van der Waals surface area contributed by atoms with E-state index >= 15 is 0 Å². The molecule has 1 aromatic heterocycles. The summed E-state index contributed by atoms with van der Waals surface area (Å²) in [4.78, 5) is 2.63. The highest BCUT2D eigenvalue weighted by Gasteiger charge is 2.48. The van der Waals surface area contributed by atoms with E-state index in [-0.39, 0.29) is 5.54 Å². The molecule has 2 aromatic carbocycles. The van der Waals surface area contributed by atoms with E-state index in [0.29, 0.717) is 11.5 Å². The largest absolute Gasteiger partial charge is 0.456 e. The van der Waals surface area contributed by atoms with Gasteiger partial charge in [0.1, 0.15) is 11.2 Å². The van der Waals surface area contributed by atoms with E-state index in [1.165, 1.54) is 28.4 Å². The fraction of sp³-hybridized carbons (Fsp3) is 0.455.